The molecule has 1 amide bonds. The van der Waals surface area contributed by atoms with Crippen LogP contribution in [0.25, 0.3) is 10.2 Å². The topological polar surface area (TPSA) is 83.0 Å². The quantitative estimate of drug-likeness (QED) is 0.335. The van der Waals surface area contributed by atoms with E-state index in [1.807, 2.05) is 43.3 Å². The van der Waals surface area contributed by atoms with Crippen LogP contribution in [0.5, 0.6) is 23.0 Å². The number of amides is 1. The minimum absolute atomic E-state index is 0.236. The van der Waals surface area contributed by atoms with Gasteiger partial charge in [0.2, 0.25) is 5.75 Å². The number of anilines is 1. The fourth-order valence-electron chi connectivity index (χ4n) is 3.54. The Labute approximate surface area is 201 Å². The van der Waals surface area contributed by atoms with Gasteiger partial charge in [-0.05, 0) is 43.3 Å². The molecule has 4 aromatic rings. The minimum atomic E-state index is -0.276. The van der Waals surface area contributed by atoms with Crippen LogP contribution in [0.4, 0.5) is 5.13 Å². The first-order valence-electron chi connectivity index (χ1n) is 10.6. The van der Waals surface area contributed by atoms with Crippen molar-refractivity contribution < 1.29 is 23.7 Å². The van der Waals surface area contributed by atoms with Crippen LogP contribution < -0.4 is 23.8 Å². The van der Waals surface area contributed by atoms with Crippen molar-refractivity contribution in [3.63, 3.8) is 0 Å². The maximum Gasteiger partial charge on any atom is 0.260 e. The van der Waals surface area contributed by atoms with Crippen molar-refractivity contribution in [2.45, 2.75) is 13.5 Å². The number of nitrogens with zero attached hydrogens (tertiary/aromatic N) is 3. The average molecular weight is 480 g/mol. The van der Waals surface area contributed by atoms with Crippen LogP contribution in [0.3, 0.4) is 0 Å². The number of hydrogen-bond acceptors (Lipinski definition) is 8. The highest BCUT2D eigenvalue weighted by Crippen LogP contribution is 2.40. The molecule has 0 N–H and O–H groups in total. The van der Waals surface area contributed by atoms with Crippen molar-refractivity contribution in [1.82, 2.24) is 9.97 Å². The summed E-state index contributed by atoms with van der Waals surface area (Å²) >= 11 is 1.41. The number of benzene rings is 2. The minimum Gasteiger partial charge on any atom is -0.493 e. The predicted octanol–water partition coefficient (Wildman–Crippen LogP) is 4.96. The van der Waals surface area contributed by atoms with Gasteiger partial charge in [0.15, 0.2) is 16.6 Å². The molecule has 34 heavy (non-hydrogen) atoms. The molecule has 2 aromatic heterocycles. The normalized spacial score (nSPS) is 10.7. The van der Waals surface area contributed by atoms with Gasteiger partial charge >= 0.3 is 0 Å². The molecule has 0 spiro atoms. The van der Waals surface area contributed by atoms with Crippen molar-refractivity contribution >= 4 is 32.6 Å². The molecular formula is C25H25N3O5S. The van der Waals surface area contributed by atoms with E-state index in [0.29, 0.717) is 45.8 Å². The van der Waals surface area contributed by atoms with Crippen molar-refractivity contribution in [3.8, 4) is 23.0 Å². The largest absolute Gasteiger partial charge is 0.493 e. The number of carbonyl (C=O) groups excluding carboxylic acids is 1. The zero-order valence-corrected chi connectivity index (χ0v) is 20.2. The molecule has 176 valence electrons. The molecule has 2 aromatic carbocycles. The van der Waals surface area contributed by atoms with Gasteiger partial charge in [-0.15, -0.1) is 0 Å². The third kappa shape index (κ3) is 4.60. The van der Waals surface area contributed by atoms with Crippen LogP contribution in [-0.2, 0) is 6.54 Å². The first kappa shape index (κ1) is 23.3. The van der Waals surface area contributed by atoms with Crippen LogP contribution in [0.15, 0.2) is 54.7 Å². The lowest BCUT2D eigenvalue weighted by molar-refractivity contribution is 0.0984. The Morgan fingerprint density at radius 1 is 0.971 bits per heavy atom. The lowest BCUT2D eigenvalue weighted by Crippen LogP contribution is -2.30. The van der Waals surface area contributed by atoms with E-state index in [9.17, 15) is 4.79 Å². The standard InChI is InChI=1S/C25H25N3O5S/c1-5-33-18-10-8-11-21-22(18)27-25(34-21)28(15-17-9-6-7-12-26-17)24(29)16-13-19(30-2)23(32-4)20(14-16)31-3/h6-14H,5,15H2,1-4H3. The first-order valence-corrected chi connectivity index (χ1v) is 11.4. The monoisotopic (exact) mass is 479 g/mol. The van der Waals surface area contributed by atoms with E-state index in [2.05, 4.69) is 4.98 Å². The van der Waals surface area contributed by atoms with Crippen LogP contribution in [0, 0.1) is 0 Å². The summed E-state index contributed by atoms with van der Waals surface area (Å²) in [5.74, 6) is 1.61. The van der Waals surface area contributed by atoms with E-state index in [-0.39, 0.29) is 12.5 Å². The van der Waals surface area contributed by atoms with Gasteiger partial charge in [0.1, 0.15) is 11.3 Å². The maximum atomic E-state index is 13.9. The summed E-state index contributed by atoms with van der Waals surface area (Å²) in [5.41, 5.74) is 1.82. The van der Waals surface area contributed by atoms with Gasteiger partial charge < -0.3 is 18.9 Å². The van der Waals surface area contributed by atoms with E-state index in [1.165, 1.54) is 32.7 Å². The fraction of sp³-hybridized carbons (Fsp3) is 0.240. The number of carbonyl (C=O) groups is 1. The van der Waals surface area contributed by atoms with E-state index in [4.69, 9.17) is 23.9 Å². The summed E-state index contributed by atoms with van der Waals surface area (Å²) in [7, 11) is 4.55. The molecule has 0 atom stereocenters. The third-order valence-electron chi connectivity index (χ3n) is 5.10. The Morgan fingerprint density at radius 3 is 2.35 bits per heavy atom. The van der Waals surface area contributed by atoms with Crippen molar-refractivity contribution in [3.05, 3.63) is 66.0 Å². The summed E-state index contributed by atoms with van der Waals surface area (Å²) in [6.07, 6.45) is 1.70. The molecule has 0 saturated heterocycles. The zero-order chi connectivity index (χ0) is 24.1. The van der Waals surface area contributed by atoms with E-state index < -0.39 is 0 Å². The number of thiazole rings is 1. The number of ether oxygens (including phenoxy) is 4. The number of methoxy groups -OCH3 is 3. The molecule has 0 aliphatic heterocycles. The molecule has 0 radical (unpaired) electrons. The van der Waals surface area contributed by atoms with Crippen molar-refractivity contribution in [2.24, 2.45) is 0 Å². The Kier molecular flexibility index (Phi) is 7.12. The van der Waals surface area contributed by atoms with E-state index in [1.54, 1.807) is 23.2 Å². The molecule has 0 aliphatic rings. The van der Waals surface area contributed by atoms with Gasteiger partial charge in [0.25, 0.3) is 5.91 Å². The molecule has 0 saturated carbocycles. The summed E-state index contributed by atoms with van der Waals surface area (Å²) < 4.78 is 23.0. The van der Waals surface area contributed by atoms with E-state index in [0.717, 1.165) is 10.4 Å². The second-order valence-corrected chi connectivity index (χ2v) is 8.17. The lowest BCUT2D eigenvalue weighted by atomic mass is 10.1. The first-order chi connectivity index (χ1) is 16.6. The molecule has 9 heteroatoms. The van der Waals surface area contributed by atoms with Crippen LogP contribution >= 0.6 is 11.3 Å². The number of para-hydroxylation sites is 1. The molecule has 4 rings (SSSR count). The van der Waals surface area contributed by atoms with Gasteiger partial charge in [-0.1, -0.05) is 23.5 Å². The van der Waals surface area contributed by atoms with E-state index >= 15 is 0 Å². The molecule has 2 heterocycles. The van der Waals surface area contributed by atoms with Crippen molar-refractivity contribution in [2.75, 3.05) is 32.8 Å². The Hall–Kier alpha value is -3.85. The lowest BCUT2D eigenvalue weighted by Gasteiger charge is -2.21. The van der Waals surface area contributed by atoms with Gasteiger partial charge in [0.05, 0.1) is 44.9 Å². The highest BCUT2D eigenvalue weighted by molar-refractivity contribution is 7.22. The third-order valence-corrected chi connectivity index (χ3v) is 6.15. The summed E-state index contributed by atoms with van der Waals surface area (Å²) in [6, 6.07) is 14.6. The Bertz CT molecular complexity index is 1270. The van der Waals surface area contributed by atoms with Crippen LogP contribution in [0.2, 0.25) is 0 Å². The summed E-state index contributed by atoms with van der Waals surface area (Å²) in [5, 5.41) is 0.534. The highest BCUT2D eigenvalue weighted by atomic mass is 32.1. The molecular weight excluding hydrogens is 454 g/mol. The predicted molar refractivity (Wildman–Crippen MR) is 132 cm³/mol. The fourth-order valence-corrected chi connectivity index (χ4v) is 4.52. The molecule has 0 bridgehead atoms. The summed E-state index contributed by atoms with van der Waals surface area (Å²) in [6.45, 7) is 2.68. The van der Waals surface area contributed by atoms with Crippen molar-refractivity contribution in [1.29, 1.82) is 0 Å². The zero-order valence-electron chi connectivity index (χ0n) is 19.4. The SMILES string of the molecule is CCOc1cccc2sc(N(Cc3ccccn3)C(=O)c3cc(OC)c(OC)c(OC)c3)nc12. The second-order valence-electron chi connectivity index (χ2n) is 7.16. The number of fused-ring (bicyclic) bond motifs is 1. The molecule has 0 aliphatic carbocycles. The number of aromatic nitrogens is 2. The number of rotatable bonds is 9. The second kappa shape index (κ2) is 10.4. The molecule has 0 fully saturated rings. The van der Waals surface area contributed by atoms with Gasteiger partial charge in [-0.25, -0.2) is 4.98 Å². The number of hydrogen-bond donors (Lipinski definition) is 0. The Morgan fingerprint density at radius 2 is 1.74 bits per heavy atom. The van der Waals surface area contributed by atoms with Crippen LogP contribution in [0.1, 0.15) is 23.0 Å². The van der Waals surface area contributed by atoms with Crippen LogP contribution in [-0.4, -0.2) is 43.8 Å². The smallest absolute Gasteiger partial charge is 0.260 e. The average Bonchev–Trinajstić information content (AvgIpc) is 3.31. The number of pyridine rings is 1. The highest BCUT2D eigenvalue weighted by Gasteiger charge is 2.26. The van der Waals surface area contributed by atoms with Gasteiger partial charge in [-0.2, -0.15) is 0 Å². The molecule has 8 nitrogen and oxygen atoms in total. The maximum absolute atomic E-state index is 13.9. The Balaban J connectivity index is 1.82. The summed E-state index contributed by atoms with van der Waals surface area (Å²) in [4.78, 5) is 24.6. The van der Waals surface area contributed by atoms with Gasteiger partial charge in [0, 0.05) is 11.8 Å². The molecule has 0 unspecified atom stereocenters. The van der Waals surface area contributed by atoms with Gasteiger partial charge in [-0.3, -0.25) is 14.7 Å².